The van der Waals surface area contributed by atoms with Crippen molar-refractivity contribution < 1.29 is 19.1 Å². The minimum Gasteiger partial charge on any atom is -0.466 e. The van der Waals surface area contributed by atoms with E-state index in [-0.39, 0.29) is 42.0 Å². The molecule has 2 saturated heterocycles. The molecule has 0 unspecified atom stereocenters. The minimum absolute atomic E-state index is 0.137. The van der Waals surface area contributed by atoms with Crippen LogP contribution in [0.3, 0.4) is 0 Å². The van der Waals surface area contributed by atoms with Gasteiger partial charge in [0.2, 0.25) is 0 Å². The van der Waals surface area contributed by atoms with Crippen LogP contribution in [0.25, 0.3) is 0 Å². The summed E-state index contributed by atoms with van der Waals surface area (Å²) in [5.74, 6) is -0.182. The Bertz CT molecular complexity index is 793. The fourth-order valence-electron chi connectivity index (χ4n) is 5.59. The number of benzene rings is 1. The zero-order valence-electron chi connectivity index (χ0n) is 17.2. The second-order valence-electron chi connectivity index (χ2n) is 8.42. The molecule has 6 nitrogen and oxygen atoms in total. The number of likely N-dealkylation sites (tertiary alicyclic amines) is 1. The SMILES string of the molecule is CCOC(=O)[C@H]1C=C(C)[C@@H]2NCC[C@@]23CN(C(=O)OCc2ccccc2)CC[C@@H]13. The van der Waals surface area contributed by atoms with E-state index in [0.29, 0.717) is 19.7 Å². The summed E-state index contributed by atoms with van der Waals surface area (Å²) in [4.78, 5) is 27.3. The smallest absolute Gasteiger partial charge is 0.410 e. The third-order valence-electron chi connectivity index (χ3n) is 6.80. The summed E-state index contributed by atoms with van der Waals surface area (Å²) in [5.41, 5.74) is 2.02. The average Bonchev–Trinajstić information content (AvgIpc) is 3.16. The topological polar surface area (TPSA) is 67.9 Å². The molecular weight excluding hydrogens is 368 g/mol. The number of nitrogens with one attached hydrogen (secondary N) is 1. The maximum Gasteiger partial charge on any atom is 0.410 e. The Hall–Kier alpha value is -2.34. The van der Waals surface area contributed by atoms with Gasteiger partial charge in [-0.1, -0.05) is 42.0 Å². The number of rotatable bonds is 4. The highest BCUT2D eigenvalue weighted by atomic mass is 16.6. The predicted octanol–water partition coefficient (Wildman–Crippen LogP) is 3.13. The summed E-state index contributed by atoms with van der Waals surface area (Å²) < 4.78 is 11.0. The first kappa shape index (κ1) is 20.0. The van der Waals surface area contributed by atoms with E-state index < -0.39 is 0 Å². The van der Waals surface area contributed by atoms with Gasteiger partial charge < -0.3 is 19.7 Å². The molecule has 0 bridgehead atoms. The highest BCUT2D eigenvalue weighted by Gasteiger charge is 2.58. The van der Waals surface area contributed by atoms with Gasteiger partial charge in [0.25, 0.3) is 0 Å². The number of carbonyl (C=O) groups is 2. The van der Waals surface area contributed by atoms with Crippen molar-refractivity contribution in [3.63, 3.8) is 0 Å². The predicted molar refractivity (Wildman–Crippen MR) is 109 cm³/mol. The molecule has 4 rings (SSSR count). The molecule has 156 valence electrons. The first-order valence-corrected chi connectivity index (χ1v) is 10.6. The summed E-state index contributed by atoms with van der Waals surface area (Å²) in [6.45, 7) is 6.72. The summed E-state index contributed by atoms with van der Waals surface area (Å²) in [6, 6.07) is 9.93. The van der Waals surface area contributed by atoms with E-state index >= 15 is 0 Å². The molecule has 1 aromatic rings. The van der Waals surface area contributed by atoms with Crippen LogP contribution in [-0.2, 0) is 20.9 Å². The van der Waals surface area contributed by atoms with Crippen LogP contribution < -0.4 is 5.32 Å². The van der Waals surface area contributed by atoms with Crippen molar-refractivity contribution in [3.05, 3.63) is 47.5 Å². The lowest BCUT2D eigenvalue weighted by molar-refractivity contribution is -0.152. The maximum atomic E-state index is 12.8. The number of hydrogen-bond acceptors (Lipinski definition) is 5. The van der Waals surface area contributed by atoms with Gasteiger partial charge in [-0.2, -0.15) is 0 Å². The van der Waals surface area contributed by atoms with Crippen molar-refractivity contribution in [1.29, 1.82) is 0 Å². The number of amides is 1. The molecule has 0 radical (unpaired) electrons. The van der Waals surface area contributed by atoms with E-state index in [0.717, 1.165) is 24.9 Å². The largest absolute Gasteiger partial charge is 0.466 e. The van der Waals surface area contributed by atoms with E-state index in [1.807, 2.05) is 42.2 Å². The molecule has 1 aliphatic carbocycles. The maximum absolute atomic E-state index is 12.8. The molecule has 3 aliphatic rings. The normalized spacial score (nSPS) is 30.8. The number of ether oxygens (including phenoxy) is 2. The fraction of sp³-hybridized carbons (Fsp3) is 0.565. The molecule has 2 heterocycles. The van der Waals surface area contributed by atoms with Gasteiger partial charge in [-0.05, 0) is 44.7 Å². The van der Waals surface area contributed by atoms with E-state index in [9.17, 15) is 9.59 Å². The molecule has 2 fully saturated rings. The van der Waals surface area contributed by atoms with E-state index in [2.05, 4.69) is 18.3 Å². The van der Waals surface area contributed by atoms with Crippen molar-refractivity contribution >= 4 is 12.1 Å². The Balaban J connectivity index is 1.51. The molecule has 29 heavy (non-hydrogen) atoms. The second kappa shape index (κ2) is 8.19. The van der Waals surface area contributed by atoms with Gasteiger partial charge in [-0.25, -0.2) is 4.79 Å². The van der Waals surface area contributed by atoms with Crippen LogP contribution in [0, 0.1) is 17.3 Å². The summed E-state index contributed by atoms with van der Waals surface area (Å²) >= 11 is 0. The third kappa shape index (κ3) is 3.66. The first-order valence-electron chi connectivity index (χ1n) is 10.6. The van der Waals surface area contributed by atoms with Crippen LogP contribution in [0.15, 0.2) is 42.0 Å². The highest BCUT2D eigenvalue weighted by molar-refractivity contribution is 5.76. The number of nitrogens with zero attached hydrogens (tertiary/aromatic N) is 1. The summed E-state index contributed by atoms with van der Waals surface area (Å²) in [6.07, 6.45) is 3.55. The summed E-state index contributed by atoms with van der Waals surface area (Å²) in [5, 5.41) is 3.61. The molecular formula is C23H30N2O4. The number of piperidine rings is 1. The van der Waals surface area contributed by atoms with Crippen LogP contribution in [0.5, 0.6) is 0 Å². The number of carbonyl (C=O) groups excluding carboxylic acids is 2. The van der Waals surface area contributed by atoms with E-state index in [4.69, 9.17) is 9.47 Å². The van der Waals surface area contributed by atoms with Gasteiger partial charge >= 0.3 is 12.1 Å². The van der Waals surface area contributed by atoms with Crippen molar-refractivity contribution in [1.82, 2.24) is 10.2 Å². The Labute approximate surface area is 172 Å². The second-order valence-corrected chi connectivity index (χ2v) is 8.42. The van der Waals surface area contributed by atoms with Crippen LogP contribution >= 0.6 is 0 Å². The van der Waals surface area contributed by atoms with Gasteiger partial charge in [0.15, 0.2) is 0 Å². The van der Waals surface area contributed by atoms with Crippen molar-refractivity contribution in [2.45, 2.75) is 39.3 Å². The standard InChI is InChI=1S/C23H30N2O4/c1-3-28-21(26)18-13-16(2)20-23(10-11-24-20)15-25(12-9-19(18)23)22(27)29-14-17-7-5-4-6-8-17/h4-8,13,18-20,24H,3,9-12,14-15H2,1-2H3/t18-,19-,20-,23-/m0/s1. The van der Waals surface area contributed by atoms with Gasteiger partial charge in [0.1, 0.15) is 6.61 Å². The quantitative estimate of drug-likeness (QED) is 0.623. The third-order valence-corrected chi connectivity index (χ3v) is 6.80. The molecule has 6 heteroatoms. The lowest BCUT2D eigenvalue weighted by Crippen LogP contribution is -2.60. The highest BCUT2D eigenvalue weighted by Crippen LogP contribution is 2.53. The van der Waals surface area contributed by atoms with Gasteiger partial charge in [0, 0.05) is 24.5 Å². The molecule has 2 aliphatic heterocycles. The molecule has 1 aromatic carbocycles. The number of hydrogen-bond donors (Lipinski definition) is 1. The van der Waals surface area contributed by atoms with Crippen LogP contribution in [0.4, 0.5) is 4.79 Å². The van der Waals surface area contributed by atoms with E-state index in [1.165, 1.54) is 5.57 Å². The van der Waals surface area contributed by atoms with Crippen LogP contribution in [0.1, 0.15) is 32.3 Å². The van der Waals surface area contributed by atoms with Crippen molar-refractivity contribution in [2.75, 3.05) is 26.2 Å². The lowest BCUT2D eigenvalue weighted by atomic mass is 9.57. The van der Waals surface area contributed by atoms with Gasteiger partial charge in [0.05, 0.1) is 12.5 Å². The molecule has 1 N–H and O–H groups in total. The Morgan fingerprint density at radius 3 is 2.79 bits per heavy atom. The van der Waals surface area contributed by atoms with Crippen molar-refractivity contribution in [3.8, 4) is 0 Å². The zero-order valence-corrected chi connectivity index (χ0v) is 17.2. The molecule has 0 saturated carbocycles. The lowest BCUT2D eigenvalue weighted by Gasteiger charge is -2.53. The molecule has 1 amide bonds. The number of esters is 1. The Kier molecular flexibility index (Phi) is 5.63. The Morgan fingerprint density at radius 1 is 1.24 bits per heavy atom. The monoisotopic (exact) mass is 398 g/mol. The first-order chi connectivity index (χ1) is 14.0. The zero-order chi connectivity index (χ0) is 20.4. The molecule has 0 aromatic heterocycles. The summed E-state index contributed by atoms with van der Waals surface area (Å²) in [7, 11) is 0. The van der Waals surface area contributed by atoms with Gasteiger partial charge in [-0.3, -0.25) is 4.79 Å². The van der Waals surface area contributed by atoms with Crippen molar-refractivity contribution in [2.24, 2.45) is 17.3 Å². The van der Waals surface area contributed by atoms with Crippen LogP contribution in [-0.4, -0.2) is 49.2 Å². The minimum atomic E-state index is -0.271. The fourth-order valence-corrected chi connectivity index (χ4v) is 5.59. The average molecular weight is 399 g/mol. The van der Waals surface area contributed by atoms with Gasteiger partial charge in [-0.15, -0.1) is 0 Å². The molecule has 4 atom stereocenters. The van der Waals surface area contributed by atoms with E-state index in [1.54, 1.807) is 0 Å². The molecule has 1 spiro atoms. The Morgan fingerprint density at radius 2 is 2.03 bits per heavy atom. The van der Waals surface area contributed by atoms with Crippen LogP contribution in [0.2, 0.25) is 0 Å².